The molecule has 0 N–H and O–H groups in total. The average molecular weight is 360 g/mol. The fourth-order valence-electron chi connectivity index (χ4n) is 2.04. The summed E-state index contributed by atoms with van der Waals surface area (Å²) in [4.78, 5) is 44.0. The van der Waals surface area contributed by atoms with Gasteiger partial charge in [0.05, 0.1) is 9.85 Å². The summed E-state index contributed by atoms with van der Waals surface area (Å²) in [5, 5.41) is 21.7. The van der Waals surface area contributed by atoms with Crippen LogP contribution >= 0.6 is 0 Å². The molecule has 0 aliphatic heterocycles. The van der Waals surface area contributed by atoms with E-state index in [1.54, 1.807) is 0 Å². The number of hydrogen-bond acceptors (Lipinski definition) is 8. The van der Waals surface area contributed by atoms with Gasteiger partial charge >= 0.3 is 11.9 Å². The molecule has 10 nitrogen and oxygen atoms in total. The Kier molecular flexibility index (Phi) is 5.93. The van der Waals surface area contributed by atoms with Crippen LogP contribution in [0.1, 0.15) is 20.7 Å². The van der Waals surface area contributed by atoms with Gasteiger partial charge in [-0.1, -0.05) is 24.3 Å². The molecule has 134 valence electrons. The molecule has 0 unspecified atom stereocenters. The molecule has 0 aliphatic carbocycles. The average Bonchev–Trinajstić information content (AvgIpc) is 2.64. The number of esters is 2. The van der Waals surface area contributed by atoms with E-state index in [-0.39, 0.29) is 24.3 Å². The molecule has 0 radical (unpaired) electrons. The predicted octanol–water partition coefficient (Wildman–Crippen LogP) is 2.52. The summed E-state index contributed by atoms with van der Waals surface area (Å²) in [5.41, 5.74) is -1.28. The minimum absolute atomic E-state index is 0.234. The first-order valence-electron chi connectivity index (χ1n) is 7.23. The largest absolute Gasteiger partial charge is 0.458 e. The summed E-state index contributed by atoms with van der Waals surface area (Å²) in [6, 6.07) is 10.5. The molecule has 0 fully saturated rings. The van der Waals surface area contributed by atoms with Crippen molar-refractivity contribution >= 4 is 23.3 Å². The molecule has 0 bridgehead atoms. The van der Waals surface area contributed by atoms with Crippen LogP contribution in [-0.4, -0.2) is 35.0 Å². The zero-order valence-corrected chi connectivity index (χ0v) is 13.2. The van der Waals surface area contributed by atoms with Crippen LogP contribution in [0, 0.1) is 20.2 Å². The number of para-hydroxylation sites is 2. The van der Waals surface area contributed by atoms with Crippen molar-refractivity contribution in [2.45, 2.75) is 0 Å². The highest BCUT2D eigenvalue weighted by Gasteiger charge is 2.22. The van der Waals surface area contributed by atoms with Crippen LogP contribution in [0.2, 0.25) is 0 Å². The van der Waals surface area contributed by atoms with E-state index in [0.29, 0.717) is 0 Å². The molecule has 2 aromatic rings. The molecule has 2 aromatic carbocycles. The van der Waals surface area contributed by atoms with Crippen LogP contribution < -0.4 is 0 Å². The number of nitro benzene ring substituents is 2. The fourth-order valence-corrected chi connectivity index (χ4v) is 2.04. The van der Waals surface area contributed by atoms with Gasteiger partial charge in [0.15, 0.2) is 0 Å². The smallest absolute Gasteiger partial charge is 0.345 e. The second-order valence-corrected chi connectivity index (χ2v) is 4.82. The summed E-state index contributed by atoms with van der Waals surface area (Å²) < 4.78 is 9.66. The normalized spacial score (nSPS) is 10.0. The van der Waals surface area contributed by atoms with E-state index in [1.165, 1.54) is 36.4 Å². The van der Waals surface area contributed by atoms with Crippen LogP contribution in [0.3, 0.4) is 0 Å². The molecular weight excluding hydrogens is 348 g/mol. The van der Waals surface area contributed by atoms with E-state index in [0.717, 1.165) is 12.1 Å². The second-order valence-electron chi connectivity index (χ2n) is 4.82. The van der Waals surface area contributed by atoms with E-state index in [4.69, 9.17) is 9.47 Å². The quantitative estimate of drug-likeness (QED) is 0.317. The number of rotatable bonds is 7. The first kappa shape index (κ1) is 18.5. The van der Waals surface area contributed by atoms with Crippen LogP contribution in [0.15, 0.2) is 48.5 Å². The molecule has 0 spiro atoms. The number of hydrogen-bond donors (Lipinski definition) is 0. The van der Waals surface area contributed by atoms with Crippen molar-refractivity contribution in [3.8, 4) is 0 Å². The monoisotopic (exact) mass is 360 g/mol. The fraction of sp³-hybridized carbons (Fsp3) is 0.125. The van der Waals surface area contributed by atoms with Crippen molar-refractivity contribution in [3.05, 3.63) is 79.9 Å². The topological polar surface area (TPSA) is 139 Å². The number of nitro groups is 2. The molecule has 0 heterocycles. The van der Waals surface area contributed by atoms with Gasteiger partial charge in [-0.15, -0.1) is 0 Å². The molecule has 0 saturated heterocycles. The van der Waals surface area contributed by atoms with E-state index >= 15 is 0 Å². The summed E-state index contributed by atoms with van der Waals surface area (Å²) in [6.45, 7) is -0.728. The molecule has 26 heavy (non-hydrogen) atoms. The van der Waals surface area contributed by atoms with Crippen LogP contribution in [0.4, 0.5) is 11.4 Å². The number of carbonyl (C=O) groups is 2. The van der Waals surface area contributed by atoms with Crippen molar-refractivity contribution in [3.63, 3.8) is 0 Å². The molecule has 0 atom stereocenters. The number of benzene rings is 2. The molecule has 10 heteroatoms. The zero-order valence-electron chi connectivity index (χ0n) is 13.2. The van der Waals surface area contributed by atoms with Gasteiger partial charge in [0, 0.05) is 12.1 Å². The van der Waals surface area contributed by atoms with Gasteiger partial charge in [-0.25, -0.2) is 9.59 Å². The van der Waals surface area contributed by atoms with E-state index in [1.807, 2.05) is 0 Å². The van der Waals surface area contributed by atoms with Crippen molar-refractivity contribution in [2.75, 3.05) is 13.2 Å². The maximum Gasteiger partial charge on any atom is 0.345 e. The zero-order chi connectivity index (χ0) is 19.1. The van der Waals surface area contributed by atoms with Crippen LogP contribution in [-0.2, 0) is 9.47 Å². The summed E-state index contributed by atoms with van der Waals surface area (Å²) in [7, 11) is 0. The van der Waals surface area contributed by atoms with E-state index in [9.17, 15) is 29.8 Å². The van der Waals surface area contributed by atoms with Crippen molar-refractivity contribution in [1.82, 2.24) is 0 Å². The minimum Gasteiger partial charge on any atom is -0.458 e. The highest BCUT2D eigenvalue weighted by Crippen LogP contribution is 2.19. The van der Waals surface area contributed by atoms with Gasteiger partial charge in [0.2, 0.25) is 0 Å². The number of carbonyl (C=O) groups excluding carboxylic acids is 2. The summed E-state index contributed by atoms with van der Waals surface area (Å²) in [6.07, 6.45) is 0. The maximum atomic E-state index is 11.9. The third-order valence-electron chi connectivity index (χ3n) is 3.19. The Hall–Kier alpha value is -3.82. The van der Waals surface area contributed by atoms with Gasteiger partial charge in [0.1, 0.15) is 24.3 Å². The van der Waals surface area contributed by atoms with Crippen molar-refractivity contribution in [1.29, 1.82) is 0 Å². The third kappa shape index (κ3) is 4.38. The first-order chi connectivity index (χ1) is 12.4. The molecule has 2 rings (SSSR count). The van der Waals surface area contributed by atoms with E-state index < -0.39 is 33.2 Å². The van der Waals surface area contributed by atoms with Gasteiger partial charge in [0.25, 0.3) is 11.4 Å². The van der Waals surface area contributed by atoms with Gasteiger partial charge in [-0.2, -0.15) is 0 Å². The lowest BCUT2D eigenvalue weighted by atomic mass is 10.2. The lowest BCUT2D eigenvalue weighted by molar-refractivity contribution is -0.385. The van der Waals surface area contributed by atoms with E-state index in [2.05, 4.69) is 0 Å². The Morgan fingerprint density at radius 1 is 0.731 bits per heavy atom. The van der Waals surface area contributed by atoms with Crippen LogP contribution in [0.5, 0.6) is 0 Å². The standard InChI is InChI=1S/C16H12N2O8/c19-15(11-5-1-3-7-13(11)17(21)22)25-9-10-26-16(20)12-6-2-4-8-14(12)18(23)24/h1-8H,9-10H2. The SMILES string of the molecule is O=C(OCCOC(=O)c1ccccc1[N+](=O)[O-])c1ccccc1[N+](=O)[O-]. The number of nitrogens with zero attached hydrogens (tertiary/aromatic N) is 2. The maximum absolute atomic E-state index is 11.9. The second kappa shape index (κ2) is 8.33. The molecule has 0 amide bonds. The van der Waals surface area contributed by atoms with Gasteiger partial charge in [-0.05, 0) is 12.1 Å². The Labute approximate surface area is 146 Å². The third-order valence-corrected chi connectivity index (χ3v) is 3.19. The molecule has 0 saturated carbocycles. The Morgan fingerprint density at radius 3 is 1.42 bits per heavy atom. The lowest BCUT2D eigenvalue weighted by Gasteiger charge is -2.07. The highest BCUT2D eigenvalue weighted by molar-refractivity contribution is 5.94. The molecule has 0 aliphatic rings. The minimum atomic E-state index is -0.945. The molecule has 0 aromatic heterocycles. The van der Waals surface area contributed by atoms with Gasteiger partial charge in [-0.3, -0.25) is 20.2 Å². The van der Waals surface area contributed by atoms with Crippen molar-refractivity contribution in [2.24, 2.45) is 0 Å². The highest BCUT2D eigenvalue weighted by atomic mass is 16.6. The Morgan fingerprint density at radius 2 is 1.08 bits per heavy atom. The Balaban J connectivity index is 1.91. The van der Waals surface area contributed by atoms with Crippen molar-refractivity contribution < 1.29 is 28.9 Å². The summed E-state index contributed by atoms with van der Waals surface area (Å²) in [5.74, 6) is -1.89. The summed E-state index contributed by atoms with van der Waals surface area (Å²) >= 11 is 0. The van der Waals surface area contributed by atoms with Crippen LogP contribution in [0.25, 0.3) is 0 Å². The predicted molar refractivity (Wildman–Crippen MR) is 86.8 cm³/mol. The Bertz CT molecular complexity index is 793. The first-order valence-corrected chi connectivity index (χ1v) is 7.23. The number of ether oxygens (including phenoxy) is 2. The van der Waals surface area contributed by atoms with Gasteiger partial charge < -0.3 is 9.47 Å². The lowest BCUT2D eigenvalue weighted by Crippen LogP contribution is -2.15. The molecular formula is C16H12N2O8.